The van der Waals surface area contributed by atoms with Gasteiger partial charge in [-0.15, -0.1) is 0 Å². The highest BCUT2D eigenvalue weighted by Gasteiger charge is 2.07. The second-order valence-electron chi connectivity index (χ2n) is 6.16. The van der Waals surface area contributed by atoms with Gasteiger partial charge in [0.1, 0.15) is 17.3 Å². The van der Waals surface area contributed by atoms with Crippen molar-refractivity contribution in [2.24, 2.45) is 0 Å². The molecule has 2 N–H and O–H groups in total. The molecule has 1 heterocycles. The summed E-state index contributed by atoms with van der Waals surface area (Å²) in [6.07, 6.45) is 1.69. The number of nitrogens with one attached hydrogen (secondary N) is 2. The number of anilines is 4. The largest absolute Gasteiger partial charge is 0.497 e. The van der Waals surface area contributed by atoms with Crippen molar-refractivity contribution < 1.29 is 9.47 Å². The van der Waals surface area contributed by atoms with Crippen molar-refractivity contribution in [3.63, 3.8) is 0 Å². The van der Waals surface area contributed by atoms with Crippen LogP contribution in [0.3, 0.4) is 0 Å². The molecule has 0 fully saturated rings. The highest BCUT2D eigenvalue weighted by Crippen LogP contribution is 2.31. The first-order chi connectivity index (χ1) is 14.3. The fourth-order valence-electron chi connectivity index (χ4n) is 2.73. The van der Waals surface area contributed by atoms with Crippen LogP contribution in [0.4, 0.5) is 23.1 Å². The molecule has 6 nitrogen and oxygen atoms in total. The van der Waals surface area contributed by atoms with Crippen LogP contribution in [-0.2, 0) is 0 Å². The van der Waals surface area contributed by atoms with Gasteiger partial charge in [-0.25, -0.2) is 4.98 Å². The minimum atomic E-state index is 0.477. The van der Waals surface area contributed by atoms with Crippen LogP contribution in [-0.4, -0.2) is 17.1 Å². The minimum absolute atomic E-state index is 0.477. The molecule has 4 rings (SSSR count). The van der Waals surface area contributed by atoms with Crippen molar-refractivity contribution >= 4 is 23.1 Å². The van der Waals surface area contributed by atoms with Crippen molar-refractivity contribution in [3.05, 3.63) is 91.1 Å². The third-order valence-corrected chi connectivity index (χ3v) is 4.10. The summed E-state index contributed by atoms with van der Waals surface area (Å²) in [6, 6.07) is 26.8. The van der Waals surface area contributed by atoms with E-state index < -0.39 is 0 Å². The molecular formula is C23H20N4O2. The quantitative estimate of drug-likeness (QED) is 0.422. The van der Waals surface area contributed by atoms with Gasteiger partial charge in [-0.05, 0) is 42.5 Å². The fourth-order valence-corrected chi connectivity index (χ4v) is 2.73. The van der Waals surface area contributed by atoms with Gasteiger partial charge in [-0.3, -0.25) is 0 Å². The fraction of sp³-hybridized carbons (Fsp3) is 0.0435. The molecule has 6 heteroatoms. The van der Waals surface area contributed by atoms with Gasteiger partial charge in [0.25, 0.3) is 0 Å². The zero-order chi connectivity index (χ0) is 19.9. The van der Waals surface area contributed by atoms with Gasteiger partial charge in [0.15, 0.2) is 5.75 Å². The van der Waals surface area contributed by atoms with Gasteiger partial charge in [0.2, 0.25) is 5.95 Å². The number of para-hydroxylation sites is 3. The Kier molecular flexibility index (Phi) is 5.53. The van der Waals surface area contributed by atoms with E-state index in [0.717, 1.165) is 22.9 Å². The zero-order valence-corrected chi connectivity index (χ0v) is 15.9. The summed E-state index contributed by atoms with van der Waals surface area (Å²) in [4.78, 5) is 8.82. The highest BCUT2D eigenvalue weighted by molar-refractivity contribution is 5.66. The lowest BCUT2D eigenvalue weighted by Gasteiger charge is -2.13. The SMILES string of the molecule is COc1cccc(Nc2nccc(Nc3ccccc3Oc3ccccc3)n2)c1. The smallest absolute Gasteiger partial charge is 0.229 e. The lowest BCUT2D eigenvalue weighted by molar-refractivity contribution is 0.415. The van der Waals surface area contributed by atoms with E-state index in [1.165, 1.54) is 0 Å². The second kappa shape index (κ2) is 8.75. The maximum absolute atomic E-state index is 6.00. The lowest BCUT2D eigenvalue weighted by Crippen LogP contribution is -2.01. The van der Waals surface area contributed by atoms with Gasteiger partial charge in [0, 0.05) is 18.0 Å². The van der Waals surface area contributed by atoms with Crippen LogP contribution in [0.5, 0.6) is 17.2 Å². The van der Waals surface area contributed by atoms with Crippen molar-refractivity contribution in [2.75, 3.05) is 17.7 Å². The maximum Gasteiger partial charge on any atom is 0.229 e. The Morgan fingerprint density at radius 3 is 2.41 bits per heavy atom. The first-order valence-electron chi connectivity index (χ1n) is 9.13. The average molecular weight is 384 g/mol. The number of hydrogen-bond acceptors (Lipinski definition) is 6. The van der Waals surface area contributed by atoms with E-state index in [1.807, 2.05) is 78.9 Å². The Hall–Kier alpha value is -4.06. The van der Waals surface area contributed by atoms with E-state index in [4.69, 9.17) is 9.47 Å². The standard InChI is InChI=1S/C23H20N4O2/c1-28-19-11-7-8-17(16-19)25-23-24-15-14-22(27-23)26-20-12-5-6-13-21(20)29-18-9-3-2-4-10-18/h2-16H,1H3,(H2,24,25,26,27). The molecule has 29 heavy (non-hydrogen) atoms. The van der Waals surface area contributed by atoms with E-state index in [-0.39, 0.29) is 0 Å². The molecular weight excluding hydrogens is 364 g/mol. The number of hydrogen-bond donors (Lipinski definition) is 2. The number of benzene rings is 3. The number of methoxy groups -OCH3 is 1. The van der Waals surface area contributed by atoms with Crippen LogP contribution in [0.2, 0.25) is 0 Å². The molecule has 0 atom stereocenters. The molecule has 3 aromatic carbocycles. The van der Waals surface area contributed by atoms with E-state index >= 15 is 0 Å². The maximum atomic E-state index is 6.00. The predicted molar refractivity (Wildman–Crippen MR) is 115 cm³/mol. The zero-order valence-electron chi connectivity index (χ0n) is 15.9. The molecule has 0 unspecified atom stereocenters. The number of rotatable bonds is 7. The van der Waals surface area contributed by atoms with Gasteiger partial charge in [-0.1, -0.05) is 36.4 Å². The van der Waals surface area contributed by atoms with Crippen molar-refractivity contribution in [2.45, 2.75) is 0 Å². The lowest BCUT2D eigenvalue weighted by atomic mass is 10.3. The molecule has 0 radical (unpaired) electrons. The predicted octanol–water partition coefficient (Wildman–Crippen LogP) is 5.76. The molecule has 0 aliphatic carbocycles. The molecule has 0 aliphatic heterocycles. The van der Waals surface area contributed by atoms with E-state index in [9.17, 15) is 0 Å². The van der Waals surface area contributed by atoms with Crippen LogP contribution in [0.1, 0.15) is 0 Å². The molecule has 0 amide bonds. The first kappa shape index (κ1) is 18.3. The first-order valence-corrected chi connectivity index (χ1v) is 9.13. The molecule has 0 saturated carbocycles. The third-order valence-electron chi connectivity index (χ3n) is 4.10. The summed E-state index contributed by atoms with van der Waals surface area (Å²) in [5.41, 5.74) is 1.65. The Labute approximate surface area is 169 Å². The van der Waals surface area contributed by atoms with Crippen molar-refractivity contribution in [1.29, 1.82) is 0 Å². The van der Waals surface area contributed by atoms with Gasteiger partial charge in [-0.2, -0.15) is 4.98 Å². The molecule has 0 bridgehead atoms. The Morgan fingerprint density at radius 1 is 0.759 bits per heavy atom. The summed E-state index contributed by atoms with van der Waals surface area (Å²) >= 11 is 0. The number of nitrogens with zero attached hydrogens (tertiary/aromatic N) is 2. The summed E-state index contributed by atoms with van der Waals surface area (Å²) in [5.74, 6) is 3.36. The van der Waals surface area contributed by atoms with E-state index in [2.05, 4.69) is 20.6 Å². The molecule has 0 aliphatic rings. The monoisotopic (exact) mass is 384 g/mol. The van der Waals surface area contributed by atoms with Gasteiger partial charge in [0.05, 0.1) is 12.8 Å². The average Bonchev–Trinajstić information content (AvgIpc) is 2.76. The van der Waals surface area contributed by atoms with Crippen molar-refractivity contribution in [3.8, 4) is 17.2 Å². The molecule has 4 aromatic rings. The molecule has 1 aromatic heterocycles. The van der Waals surface area contributed by atoms with Crippen LogP contribution in [0, 0.1) is 0 Å². The highest BCUT2D eigenvalue weighted by atomic mass is 16.5. The normalized spacial score (nSPS) is 10.2. The third kappa shape index (κ3) is 4.81. The number of ether oxygens (including phenoxy) is 2. The summed E-state index contributed by atoms with van der Waals surface area (Å²) in [6.45, 7) is 0. The molecule has 144 valence electrons. The Balaban J connectivity index is 1.52. The van der Waals surface area contributed by atoms with Crippen LogP contribution < -0.4 is 20.1 Å². The Morgan fingerprint density at radius 2 is 1.55 bits per heavy atom. The Bertz CT molecular complexity index is 1090. The number of aromatic nitrogens is 2. The molecule has 0 spiro atoms. The van der Waals surface area contributed by atoms with Crippen LogP contribution in [0.15, 0.2) is 91.1 Å². The second-order valence-corrected chi connectivity index (χ2v) is 6.16. The summed E-state index contributed by atoms with van der Waals surface area (Å²) in [7, 11) is 1.63. The van der Waals surface area contributed by atoms with Crippen LogP contribution in [0.25, 0.3) is 0 Å². The van der Waals surface area contributed by atoms with Gasteiger partial charge < -0.3 is 20.1 Å². The summed E-state index contributed by atoms with van der Waals surface area (Å²) < 4.78 is 11.2. The summed E-state index contributed by atoms with van der Waals surface area (Å²) in [5, 5.41) is 6.49. The van der Waals surface area contributed by atoms with Crippen LogP contribution >= 0.6 is 0 Å². The van der Waals surface area contributed by atoms with E-state index in [0.29, 0.717) is 17.5 Å². The minimum Gasteiger partial charge on any atom is -0.497 e. The van der Waals surface area contributed by atoms with Crippen molar-refractivity contribution in [1.82, 2.24) is 9.97 Å². The van der Waals surface area contributed by atoms with E-state index in [1.54, 1.807) is 19.4 Å². The van der Waals surface area contributed by atoms with Gasteiger partial charge >= 0.3 is 0 Å². The topological polar surface area (TPSA) is 68.3 Å². The molecule has 0 saturated heterocycles.